The zero-order chi connectivity index (χ0) is 39.1. The highest BCUT2D eigenvalue weighted by molar-refractivity contribution is 5.73. The third kappa shape index (κ3) is 8.54. The third-order valence-corrected chi connectivity index (χ3v) is 12.4. The molecular formula is C39H69NO12. The first-order valence-electron chi connectivity index (χ1n) is 19.4. The lowest BCUT2D eigenvalue weighted by molar-refractivity contribution is -0.317. The van der Waals surface area contributed by atoms with Gasteiger partial charge < -0.3 is 58.5 Å². The first-order chi connectivity index (χ1) is 24.1. The predicted molar refractivity (Wildman–Crippen MR) is 193 cm³/mol. The van der Waals surface area contributed by atoms with E-state index in [1.165, 1.54) is 14.0 Å². The molecule has 0 saturated carbocycles. The van der Waals surface area contributed by atoms with Gasteiger partial charge in [0.25, 0.3) is 0 Å². The average molecular weight is 744 g/mol. The van der Waals surface area contributed by atoms with E-state index in [0.29, 0.717) is 18.6 Å². The molecule has 0 spiro atoms. The maximum Gasteiger partial charge on any atom is 0.311 e. The Morgan fingerprint density at radius 1 is 0.962 bits per heavy atom. The largest absolute Gasteiger partial charge is 0.489 e. The van der Waals surface area contributed by atoms with E-state index in [0.717, 1.165) is 18.5 Å². The molecule has 4 N–H and O–H groups in total. The molecule has 13 nitrogen and oxygen atoms in total. The maximum absolute atomic E-state index is 14.2. The third-order valence-electron chi connectivity index (χ3n) is 12.4. The van der Waals surface area contributed by atoms with Crippen molar-refractivity contribution in [3.63, 3.8) is 0 Å². The second kappa shape index (κ2) is 16.8. The molecule has 4 aliphatic heterocycles. The normalized spacial score (nSPS) is 48.1. The van der Waals surface area contributed by atoms with Gasteiger partial charge >= 0.3 is 5.97 Å². The smallest absolute Gasteiger partial charge is 0.311 e. The SMILES string of the molecule is CCCN(C)[C@H]1C[C@@H](C)O[C@@H](O[C@@H]2[C@@H](C)[C@H](O[C@H]3C[C@@](C)(OC)[C@@H](O)[C@H](C)O3)[C@@H](C)C(=O)O[C@H](CC)[C@@](C)(O)[C@H](O)[C@@H](C)C3=C(C)C[C@@]2(C)O3)[C@@H]1O. The fourth-order valence-corrected chi connectivity index (χ4v) is 9.17. The van der Waals surface area contributed by atoms with E-state index < -0.39 is 95.8 Å². The van der Waals surface area contributed by atoms with Crippen molar-refractivity contribution in [1.82, 2.24) is 4.90 Å². The van der Waals surface area contributed by atoms with Crippen LogP contribution in [-0.2, 0) is 38.0 Å². The Bertz CT molecular complexity index is 1250. The van der Waals surface area contributed by atoms with E-state index in [-0.39, 0.29) is 25.0 Å². The molecule has 2 bridgehead atoms. The Labute approximate surface area is 311 Å². The molecule has 0 unspecified atom stereocenters. The Kier molecular flexibility index (Phi) is 14.0. The number of nitrogens with zero attached hydrogens (tertiary/aromatic N) is 1. The molecule has 4 rings (SSSR count). The van der Waals surface area contributed by atoms with Crippen LogP contribution in [0.25, 0.3) is 0 Å². The van der Waals surface area contributed by atoms with Gasteiger partial charge in [0.2, 0.25) is 0 Å². The summed E-state index contributed by atoms with van der Waals surface area (Å²) in [4.78, 5) is 16.3. The first kappa shape index (κ1) is 43.3. The molecule has 0 radical (unpaired) electrons. The molecule has 0 amide bonds. The minimum Gasteiger partial charge on any atom is -0.489 e. The van der Waals surface area contributed by atoms with Gasteiger partial charge in [0.05, 0.1) is 35.9 Å². The van der Waals surface area contributed by atoms with Crippen molar-refractivity contribution < 1.29 is 58.4 Å². The molecule has 3 saturated heterocycles. The summed E-state index contributed by atoms with van der Waals surface area (Å²) in [7, 11) is 3.52. The van der Waals surface area contributed by atoms with Gasteiger partial charge in [0.15, 0.2) is 12.6 Å². The van der Waals surface area contributed by atoms with Crippen LogP contribution in [0, 0.1) is 17.8 Å². The van der Waals surface area contributed by atoms with Crippen LogP contribution in [0.4, 0.5) is 0 Å². The second-order valence-electron chi connectivity index (χ2n) is 16.9. The quantitative estimate of drug-likeness (QED) is 0.253. The van der Waals surface area contributed by atoms with E-state index >= 15 is 0 Å². The minimum absolute atomic E-state index is 0.174. The summed E-state index contributed by atoms with van der Waals surface area (Å²) in [5.74, 6) is -2.31. The molecule has 0 aromatic carbocycles. The number of carbonyl (C=O) groups is 1. The number of carbonyl (C=O) groups excluding carboxylic acids is 1. The van der Waals surface area contributed by atoms with Gasteiger partial charge in [-0.2, -0.15) is 0 Å². The number of cyclic esters (lactones) is 1. The van der Waals surface area contributed by atoms with E-state index in [4.69, 9.17) is 33.2 Å². The van der Waals surface area contributed by atoms with Gasteiger partial charge in [0, 0.05) is 37.8 Å². The zero-order valence-electron chi connectivity index (χ0n) is 33.8. The second-order valence-corrected chi connectivity index (χ2v) is 16.9. The Balaban J connectivity index is 1.83. The molecule has 52 heavy (non-hydrogen) atoms. The molecular weight excluding hydrogens is 674 g/mol. The summed E-state index contributed by atoms with van der Waals surface area (Å²) in [6, 6.07) is -0.217. The lowest BCUT2D eigenvalue weighted by Gasteiger charge is -2.49. The Hall–Kier alpha value is -1.39. The highest BCUT2D eigenvalue weighted by Crippen LogP contribution is 2.47. The first-order valence-corrected chi connectivity index (χ1v) is 19.4. The number of aliphatic hydroxyl groups excluding tert-OH is 3. The van der Waals surface area contributed by atoms with Crippen molar-refractivity contribution in [3.05, 3.63) is 11.3 Å². The number of ether oxygens (including phenoxy) is 7. The van der Waals surface area contributed by atoms with Crippen molar-refractivity contribution in [3.8, 4) is 0 Å². The molecule has 13 heteroatoms. The summed E-state index contributed by atoms with van der Waals surface area (Å²) >= 11 is 0. The average Bonchev–Trinajstić information content (AvgIpc) is 3.40. The number of methoxy groups -OCH3 is 1. The highest BCUT2D eigenvalue weighted by Gasteiger charge is 2.56. The predicted octanol–water partition coefficient (Wildman–Crippen LogP) is 3.67. The van der Waals surface area contributed by atoms with Crippen LogP contribution in [0.1, 0.15) is 108 Å². The lowest BCUT2D eigenvalue weighted by Crippen LogP contribution is -2.60. The van der Waals surface area contributed by atoms with Gasteiger partial charge in [0.1, 0.15) is 41.4 Å². The van der Waals surface area contributed by atoms with Gasteiger partial charge in [-0.05, 0) is 86.9 Å². The van der Waals surface area contributed by atoms with Crippen LogP contribution in [0.15, 0.2) is 11.3 Å². The van der Waals surface area contributed by atoms with Crippen molar-refractivity contribution in [1.29, 1.82) is 0 Å². The molecule has 4 heterocycles. The summed E-state index contributed by atoms with van der Waals surface area (Å²) in [6.07, 6.45) is -6.44. The number of rotatable bonds is 9. The van der Waals surface area contributed by atoms with Crippen LogP contribution < -0.4 is 0 Å². The molecule has 4 aliphatic rings. The fraction of sp³-hybridized carbons (Fsp3) is 0.923. The standard InChI is InChI=1S/C39H69NO12/c1-14-16-40(12)26-17-21(4)47-36(29(26)41)51-34-23(6)31(50-28-19-37(9,46-13)33(43)25(8)48-28)24(7)35(44)49-27(15-2)39(11,45)32(42)22(5)30-20(3)18-38(34,10)52-30/h21-29,31-34,36,41-43,45H,14-19H2,1-13H3/t21-,22+,23+,24-,25+,26+,27-,28+,29-,31+,32-,33+,34-,36+,37-,38-,39-/m1/s1. The summed E-state index contributed by atoms with van der Waals surface area (Å²) in [5.41, 5.74) is -3.00. The van der Waals surface area contributed by atoms with Crippen molar-refractivity contribution in [2.75, 3.05) is 20.7 Å². The molecule has 0 aliphatic carbocycles. The van der Waals surface area contributed by atoms with Crippen LogP contribution in [0.5, 0.6) is 0 Å². The topological polar surface area (TPSA) is 166 Å². The van der Waals surface area contributed by atoms with Crippen LogP contribution in [-0.4, -0.2) is 136 Å². The van der Waals surface area contributed by atoms with Gasteiger partial charge in [-0.15, -0.1) is 0 Å². The van der Waals surface area contributed by atoms with Gasteiger partial charge in [-0.3, -0.25) is 4.79 Å². The highest BCUT2D eigenvalue weighted by atomic mass is 16.7. The molecule has 0 aromatic rings. The zero-order valence-corrected chi connectivity index (χ0v) is 33.8. The number of esters is 1. The van der Waals surface area contributed by atoms with E-state index in [2.05, 4.69) is 11.8 Å². The summed E-state index contributed by atoms with van der Waals surface area (Å²) < 4.78 is 44.9. The minimum atomic E-state index is -1.82. The van der Waals surface area contributed by atoms with E-state index in [1.54, 1.807) is 34.6 Å². The van der Waals surface area contributed by atoms with Crippen molar-refractivity contribution >= 4 is 5.97 Å². The summed E-state index contributed by atoms with van der Waals surface area (Å²) in [5, 5.41) is 46.2. The molecule has 3 fully saturated rings. The summed E-state index contributed by atoms with van der Waals surface area (Å²) in [6.45, 7) is 20.9. The molecule has 0 aromatic heterocycles. The van der Waals surface area contributed by atoms with Crippen molar-refractivity contribution in [2.45, 2.75) is 193 Å². The van der Waals surface area contributed by atoms with E-state index in [9.17, 15) is 25.2 Å². The number of hydrogen-bond donors (Lipinski definition) is 4. The number of likely N-dealkylation sites (N-methyl/N-ethyl adjacent to an activating group) is 1. The van der Waals surface area contributed by atoms with E-state index in [1.807, 2.05) is 34.7 Å². The monoisotopic (exact) mass is 743 g/mol. The number of aliphatic hydroxyl groups is 4. The number of fused-ring (bicyclic) bond motifs is 2. The van der Waals surface area contributed by atoms with Gasteiger partial charge in [-0.25, -0.2) is 0 Å². The van der Waals surface area contributed by atoms with Crippen LogP contribution in [0.2, 0.25) is 0 Å². The Morgan fingerprint density at radius 3 is 2.21 bits per heavy atom. The van der Waals surface area contributed by atoms with Crippen molar-refractivity contribution in [2.24, 2.45) is 17.8 Å². The number of hydrogen-bond acceptors (Lipinski definition) is 13. The molecule has 17 atom stereocenters. The fourth-order valence-electron chi connectivity index (χ4n) is 9.17. The molecule has 302 valence electrons. The lowest BCUT2D eigenvalue weighted by atomic mass is 9.78. The maximum atomic E-state index is 14.2. The van der Waals surface area contributed by atoms with Crippen LogP contribution >= 0.6 is 0 Å². The van der Waals surface area contributed by atoms with Crippen LogP contribution in [0.3, 0.4) is 0 Å². The Morgan fingerprint density at radius 2 is 1.62 bits per heavy atom. The van der Waals surface area contributed by atoms with Gasteiger partial charge in [-0.1, -0.05) is 27.7 Å².